The molecule has 0 saturated heterocycles. The van der Waals surface area contributed by atoms with Gasteiger partial charge in [0.2, 0.25) is 15.9 Å². The molecule has 0 aliphatic carbocycles. The molecular formula is C28H33ClN2O4S2. The lowest BCUT2D eigenvalue weighted by molar-refractivity contribution is -0.135. The van der Waals surface area contributed by atoms with E-state index in [1.165, 1.54) is 9.18 Å². The lowest BCUT2D eigenvalue weighted by Crippen LogP contribution is -2.48. The number of aryl methyl sites for hydroxylation is 1. The summed E-state index contributed by atoms with van der Waals surface area (Å²) >= 11 is 7.68. The van der Waals surface area contributed by atoms with Crippen LogP contribution < -0.4 is 4.74 Å². The third-order valence-corrected chi connectivity index (χ3v) is 9.67. The average Bonchev–Trinajstić information content (AvgIpc) is 3.35. The van der Waals surface area contributed by atoms with Crippen molar-refractivity contribution in [1.82, 2.24) is 9.21 Å². The fourth-order valence-electron chi connectivity index (χ4n) is 4.37. The van der Waals surface area contributed by atoms with E-state index in [0.717, 1.165) is 17.5 Å². The molecule has 9 heteroatoms. The first kappa shape index (κ1) is 27.6. The third-order valence-electron chi connectivity index (χ3n) is 6.56. The number of nitrogens with zero attached hydrogens (tertiary/aromatic N) is 2. The van der Waals surface area contributed by atoms with E-state index in [1.807, 2.05) is 32.2 Å². The molecule has 2 aromatic carbocycles. The number of amides is 1. The molecule has 0 spiro atoms. The summed E-state index contributed by atoms with van der Waals surface area (Å²) in [6.07, 6.45) is 1.41. The van der Waals surface area contributed by atoms with Gasteiger partial charge in [0.1, 0.15) is 12.4 Å². The molecule has 0 bridgehead atoms. The van der Waals surface area contributed by atoms with Crippen molar-refractivity contribution in [3.63, 3.8) is 0 Å². The topological polar surface area (TPSA) is 66.9 Å². The van der Waals surface area contributed by atoms with Crippen LogP contribution in [0.3, 0.4) is 0 Å². The molecule has 0 radical (unpaired) electrons. The van der Waals surface area contributed by atoms with Gasteiger partial charge in [0.15, 0.2) is 0 Å². The van der Waals surface area contributed by atoms with Crippen LogP contribution in [0.1, 0.15) is 42.3 Å². The molecule has 1 aliphatic rings. The molecule has 0 N–H and O–H groups in total. The molecule has 0 saturated carbocycles. The molecule has 198 valence electrons. The van der Waals surface area contributed by atoms with Crippen LogP contribution >= 0.6 is 22.9 Å². The Morgan fingerprint density at radius 2 is 1.84 bits per heavy atom. The number of halogens is 1. The SMILES string of the molecule is Cc1ccc(S(=O)(=O)N(CCC(C)C)CC(=O)N2CCc3sccc3C2COc2ccc(Cl)cc2)cc1. The molecule has 1 aliphatic heterocycles. The Morgan fingerprint density at radius 3 is 2.51 bits per heavy atom. The standard InChI is InChI=1S/C28H33ClN2O4S2/c1-20(2)12-15-30(37(33,34)24-10-4-21(3)5-11-24)18-28(32)31-16-13-27-25(14-17-36-27)26(31)19-35-23-8-6-22(29)7-9-23/h4-11,14,17,20,26H,12-13,15-16,18-19H2,1-3H3. The monoisotopic (exact) mass is 560 g/mol. The molecule has 3 aromatic rings. The van der Waals surface area contributed by atoms with Crippen molar-refractivity contribution in [1.29, 1.82) is 0 Å². The van der Waals surface area contributed by atoms with Crippen LogP contribution in [-0.4, -0.2) is 49.8 Å². The van der Waals surface area contributed by atoms with Crippen LogP contribution in [-0.2, 0) is 21.2 Å². The van der Waals surface area contributed by atoms with E-state index in [9.17, 15) is 13.2 Å². The zero-order valence-corrected chi connectivity index (χ0v) is 23.8. The predicted octanol–water partition coefficient (Wildman–Crippen LogP) is 5.95. The minimum atomic E-state index is -3.83. The van der Waals surface area contributed by atoms with E-state index in [0.29, 0.717) is 29.7 Å². The van der Waals surface area contributed by atoms with Gasteiger partial charge in [-0.05, 0) is 79.1 Å². The van der Waals surface area contributed by atoms with E-state index in [2.05, 4.69) is 0 Å². The Balaban J connectivity index is 1.56. The van der Waals surface area contributed by atoms with E-state index < -0.39 is 10.0 Å². The fourth-order valence-corrected chi connectivity index (χ4v) is 6.83. The van der Waals surface area contributed by atoms with Crippen molar-refractivity contribution < 1.29 is 17.9 Å². The van der Waals surface area contributed by atoms with E-state index in [4.69, 9.17) is 16.3 Å². The quantitative estimate of drug-likeness (QED) is 0.307. The maximum atomic E-state index is 13.7. The van der Waals surface area contributed by atoms with Gasteiger partial charge in [-0.1, -0.05) is 43.1 Å². The van der Waals surface area contributed by atoms with Crippen LogP contribution in [0.15, 0.2) is 64.9 Å². The second kappa shape index (κ2) is 12.0. The van der Waals surface area contributed by atoms with Crippen molar-refractivity contribution in [3.05, 3.63) is 81.0 Å². The summed E-state index contributed by atoms with van der Waals surface area (Å²) in [5.41, 5.74) is 2.04. The minimum Gasteiger partial charge on any atom is -0.491 e. The fraction of sp³-hybridized carbons (Fsp3) is 0.393. The van der Waals surface area contributed by atoms with Crippen molar-refractivity contribution in [2.45, 2.75) is 44.6 Å². The predicted molar refractivity (Wildman–Crippen MR) is 149 cm³/mol. The number of benzene rings is 2. The highest BCUT2D eigenvalue weighted by Gasteiger charge is 2.35. The molecule has 37 heavy (non-hydrogen) atoms. The van der Waals surface area contributed by atoms with Gasteiger partial charge in [-0.3, -0.25) is 4.79 Å². The van der Waals surface area contributed by atoms with Gasteiger partial charge < -0.3 is 9.64 Å². The number of thiophene rings is 1. The number of carbonyl (C=O) groups excluding carboxylic acids is 1. The van der Waals surface area contributed by atoms with Crippen LogP contribution in [0.25, 0.3) is 0 Å². The number of carbonyl (C=O) groups is 1. The lowest BCUT2D eigenvalue weighted by atomic mass is 10.0. The van der Waals surface area contributed by atoms with Crippen molar-refractivity contribution in [2.24, 2.45) is 5.92 Å². The second-order valence-electron chi connectivity index (χ2n) is 9.75. The highest BCUT2D eigenvalue weighted by molar-refractivity contribution is 7.89. The summed E-state index contributed by atoms with van der Waals surface area (Å²) in [7, 11) is -3.83. The summed E-state index contributed by atoms with van der Waals surface area (Å²) in [5, 5.41) is 2.66. The lowest BCUT2D eigenvalue weighted by Gasteiger charge is -2.37. The van der Waals surface area contributed by atoms with Crippen LogP contribution in [0, 0.1) is 12.8 Å². The highest BCUT2D eigenvalue weighted by Crippen LogP contribution is 2.34. The van der Waals surface area contributed by atoms with Crippen LogP contribution in [0.2, 0.25) is 5.02 Å². The average molecular weight is 561 g/mol. The first-order valence-corrected chi connectivity index (χ1v) is 15.2. The number of rotatable bonds is 10. The Bertz CT molecular complexity index is 1300. The number of hydrogen-bond donors (Lipinski definition) is 0. The molecular weight excluding hydrogens is 528 g/mol. The van der Waals surface area contributed by atoms with Crippen LogP contribution in [0.5, 0.6) is 5.75 Å². The van der Waals surface area contributed by atoms with Gasteiger partial charge in [0.25, 0.3) is 0 Å². The molecule has 4 rings (SSSR count). The molecule has 6 nitrogen and oxygen atoms in total. The first-order valence-electron chi connectivity index (χ1n) is 12.5. The Hall–Kier alpha value is -2.39. The maximum absolute atomic E-state index is 13.7. The van der Waals surface area contributed by atoms with E-state index in [1.54, 1.807) is 64.8 Å². The normalized spacial score (nSPS) is 15.7. The zero-order valence-electron chi connectivity index (χ0n) is 21.4. The molecule has 0 fully saturated rings. The minimum absolute atomic E-state index is 0.205. The van der Waals surface area contributed by atoms with Gasteiger partial charge in [-0.2, -0.15) is 4.31 Å². The maximum Gasteiger partial charge on any atom is 0.243 e. The summed E-state index contributed by atoms with van der Waals surface area (Å²) in [4.78, 5) is 16.9. The number of hydrogen-bond acceptors (Lipinski definition) is 5. The molecule has 1 unspecified atom stereocenters. The Labute approximate surface area is 228 Å². The number of ether oxygens (including phenoxy) is 1. The summed E-state index contributed by atoms with van der Waals surface area (Å²) in [5.74, 6) is 0.746. The Morgan fingerprint density at radius 1 is 1.14 bits per heavy atom. The summed E-state index contributed by atoms with van der Waals surface area (Å²) in [6.45, 7) is 6.87. The van der Waals surface area contributed by atoms with Crippen LogP contribution in [0.4, 0.5) is 0 Å². The Kier molecular flexibility index (Phi) is 8.95. The second-order valence-corrected chi connectivity index (χ2v) is 13.1. The highest BCUT2D eigenvalue weighted by atomic mass is 35.5. The summed E-state index contributed by atoms with van der Waals surface area (Å²) in [6, 6.07) is 15.6. The molecule has 1 atom stereocenters. The largest absolute Gasteiger partial charge is 0.491 e. The van der Waals surface area contributed by atoms with E-state index in [-0.39, 0.29) is 36.5 Å². The van der Waals surface area contributed by atoms with Crippen molar-refractivity contribution in [3.8, 4) is 5.75 Å². The van der Waals surface area contributed by atoms with Gasteiger partial charge in [0, 0.05) is 23.0 Å². The zero-order chi connectivity index (χ0) is 26.6. The molecule has 1 aromatic heterocycles. The molecule has 1 amide bonds. The first-order chi connectivity index (χ1) is 17.6. The molecule has 2 heterocycles. The van der Waals surface area contributed by atoms with Crippen molar-refractivity contribution in [2.75, 3.05) is 26.2 Å². The van der Waals surface area contributed by atoms with Gasteiger partial charge >= 0.3 is 0 Å². The van der Waals surface area contributed by atoms with Gasteiger partial charge in [-0.15, -0.1) is 11.3 Å². The van der Waals surface area contributed by atoms with Gasteiger partial charge in [-0.25, -0.2) is 8.42 Å². The number of fused-ring (bicyclic) bond motifs is 1. The van der Waals surface area contributed by atoms with Crippen molar-refractivity contribution >= 4 is 38.9 Å². The smallest absolute Gasteiger partial charge is 0.243 e. The van der Waals surface area contributed by atoms with Gasteiger partial charge in [0.05, 0.1) is 17.5 Å². The number of sulfonamides is 1. The van der Waals surface area contributed by atoms with E-state index >= 15 is 0 Å². The summed E-state index contributed by atoms with van der Waals surface area (Å²) < 4.78 is 34.5. The third kappa shape index (κ3) is 6.74.